The Morgan fingerprint density at radius 3 is 2.64 bits per heavy atom. The standard InChI is InChI=1S/C7H13NO3/c1-7(11,6(9)10)4-8-5-2-3-5/h5,8,11H,2-4H2,1H3,(H,9,10). The van der Waals surface area contributed by atoms with Crippen molar-refractivity contribution in [1.29, 1.82) is 0 Å². The van der Waals surface area contributed by atoms with E-state index < -0.39 is 11.6 Å². The van der Waals surface area contributed by atoms with Crippen LogP contribution in [-0.4, -0.2) is 34.4 Å². The first-order valence-corrected chi connectivity index (χ1v) is 3.71. The molecule has 0 amide bonds. The van der Waals surface area contributed by atoms with Gasteiger partial charge in [-0.25, -0.2) is 4.79 Å². The number of carbonyl (C=O) groups is 1. The summed E-state index contributed by atoms with van der Waals surface area (Å²) < 4.78 is 0. The molecule has 1 aliphatic carbocycles. The van der Waals surface area contributed by atoms with E-state index >= 15 is 0 Å². The predicted octanol–water partition coefficient (Wildman–Crippen LogP) is -0.426. The summed E-state index contributed by atoms with van der Waals surface area (Å²) in [6, 6.07) is 0.431. The minimum atomic E-state index is -1.62. The van der Waals surface area contributed by atoms with Gasteiger partial charge in [-0.1, -0.05) is 0 Å². The van der Waals surface area contributed by atoms with E-state index in [1.807, 2.05) is 0 Å². The lowest BCUT2D eigenvalue weighted by Gasteiger charge is -2.17. The molecule has 11 heavy (non-hydrogen) atoms. The summed E-state index contributed by atoms with van der Waals surface area (Å²) in [6.45, 7) is 1.43. The first kappa shape index (κ1) is 8.49. The second-order valence-electron chi connectivity index (χ2n) is 3.23. The Morgan fingerprint density at radius 1 is 1.73 bits per heavy atom. The Balaban J connectivity index is 2.26. The number of hydrogen-bond acceptors (Lipinski definition) is 3. The molecular weight excluding hydrogens is 146 g/mol. The molecule has 1 atom stereocenters. The zero-order valence-corrected chi connectivity index (χ0v) is 6.50. The molecule has 1 saturated carbocycles. The Bertz CT molecular complexity index is 163. The fourth-order valence-electron chi connectivity index (χ4n) is 0.706. The van der Waals surface area contributed by atoms with Gasteiger partial charge >= 0.3 is 5.97 Å². The van der Waals surface area contributed by atoms with Crippen molar-refractivity contribution < 1.29 is 15.0 Å². The van der Waals surface area contributed by atoms with Gasteiger partial charge in [-0.05, 0) is 19.8 Å². The van der Waals surface area contributed by atoms with Gasteiger partial charge in [0.05, 0.1) is 0 Å². The molecule has 1 rings (SSSR count). The Labute approximate surface area is 65.2 Å². The quantitative estimate of drug-likeness (QED) is 0.521. The van der Waals surface area contributed by atoms with Crippen LogP contribution < -0.4 is 5.32 Å². The van der Waals surface area contributed by atoms with Crippen LogP contribution in [0, 0.1) is 0 Å². The molecule has 1 fully saturated rings. The topological polar surface area (TPSA) is 69.6 Å². The van der Waals surface area contributed by atoms with E-state index in [-0.39, 0.29) is 6.54 Å². The average molecular weight is 159 g/mol. The van der Waals surface area contributed by atoms with E-state index in [0.29, 0.717) is 6.04 Å². The Kier molecular flexibility index (Phi) is 2.15. The van der Waals surface area contributed by atoms with Gasteiger partial charge in [-0.2, -0.15) is 0 Å². The van der Waals surface area contributed by atoms with Gasteiger partial charge in [-0.3, -0.25) is 0 Å². The van der Waals surface area contributed by atoms with Crippen LogP contribution in [0.3, 0.4) is 0 Å². The number of carboxylic acid groups (broad SMARTS) is 1. The summed E-state index contributed by atoms with van der Waals surface area (Å²) in [5, 5.41) is 20.6. The third-order valence-corrected chi connectivity index (χ3v) is 1.77. The van der Waals surface area contributed by atoms with E-state index in [9.17, 15) is 9.90 Å². The van der Waals surface area contributed by atoms with E-state index in [0.717, 1.165) is 12.8 Å². The molecule has 0 aromatic heterocycles. The van der Waals surface area contributed by atoms with Crippen LogP contribution in [0.5, 0.6) is 0 Å². The minimum Gasteiger partial charge on any atom is -0.479 e. The maximum absolute atomic E-state index is 10.4. The third-order valence-electron chi connectivity index (χ3n) is 1.77. The van der Waals surface area contributed by atoms with Crippen LogP contribution in [0.25, 0.3) is 0 Å². The lowest BCUT2D eigenvalue weighted by atomic mass is 10.1. The van der Waals surface area contributed by atoms with Crippen molar-refractivity contribution >= 4 is 5.97 Å². The molecule has 0 radical (unpaired) electrons. The molecule has 1 unspecified atom stereocenters. The van der Waals surface area contributed by atoms with Gasteiger partial charge in [-0.15, -0.1) is 0 Å². The van der Waals surface area contributed by atoms with Crippen molar-refractivity contribution in [3.05, 3.63) is 0 Å². The van der Waals surface area contributed by atoms with Crippen molar-refractivity contribution in [2.45, 2.75) is 31.4 Å². The van der Waals surface area contributed by atoms with Gasteiger partial charge in [0, 0.05) is 12.6 Å². The van der Waals surface area contributed by atoms with E-state index in [2.05, 4.69) is 5.32 Å². The highest BCUT2D eigenvalue weighted by atomic mass is 16.4. The summed E-state index contributed by atoms with van der Waals surface area (Å²) in [6.07, 6.45) is 2.19. The van der Waals surface area contributed by atoms with Crippen LogP contribution in [0.2, 0.25) is 0 Å². The molecule has 0 aliphatic heterocycles. The van der Waals surface area contributed by atoms with Crippen molar-refractivity contribution in [2.75, 3.05) is 6.54 Å². The number of nitrogens with one attached hydrogen (secondary N) is 1. The number of hydrogen-bond donors (Lipinski definition) is 3. The molecule has 4 nitrogen and oxygen atoms in total. The van der Waals surface area contributed by atoms with Crippen LogP contribution in [0.15, 0.2) is 0 Å². The molecule has 0 spiro atoms. The highest BCUT2D eigenvalue weighted by molar-refractivity contribution is 5.76. The Morgan fingerprint density at radius 2 is 2.27 bits per heavy atom. The zero-order valence-electron chi connectivity index (χ0n) is 6.50. The molecule has 3 N–H and O–H groups in total. The van der Waals surface area contributed by atoms with Crippen LogP contribution in [0.4, 0.5) is 0 Å². The summed E-state index contributed by atoms with van der Waals surface area (Å²) in [5.74, 6) is -1.18. The third kappa shape index (κ3) is 2.48. The fraction of sp³-hybridized carbons (Fsp3) is 0.857. The molecule has 4 heteroatoms. The van der Waals surface area contributed by atoms with Gasteiger partial charge < -0.3 is 15.5 Å². The van der Waals surface area contributed by atoms with Gasteiger partial charge in [0.1, 0.15) is 0 Å². The van der Waals surface area contributed by atoms with E-state index in [1.54, 1.807) is 0 Å². The smallest absolute Gasteiger partial charge is 0.336 e. The average Bonchev–Trinajstić information content (AvgIpc) is 2.65. The Hall–Kier alpha value is -0.610. The van der Waals surface area contributed by atoms with Crippen LogP contribution >= 0.6 is 0 Å². The van der Waals surface area contributed by atoms with Crippen molar-refractivity contribution in [3.8, 4) is 0 Å². The largest absolute Gasteiger partial charge is 0.479 e. The number of rotatable bonds is 4. The highest BCUT2D eigenvalue weighted by Crippen LogP contribution is 2.19. The first-order chi connectivity index (χ1) is 5.02. The zero-order chi connectivity index (χ0) is 8.48. The summed E-state index contributed by atoms with van der Waals surface area (Å²) in [5.41, 5.74) is -1.62. The molecule has 0 bridgehead atoms. The molecule has 0 heterocycles. The van der Waals surface area contributed by atoms with Gasteiger partial charge in [0.2, 0.25) is 0 Å². The van der Waals surface area contributed by atoms with Crippen molar-refractivity contribution in [2.24, 2.45) is 0 Å². The monoisotopic (exact) mass is 159 g/mol. The molecule has 64 valence electrons. The van der Waals surface area contributed by atoms with E-state index in [1.165, 1.54) is 6.92 Å². The summed E-state index contributed by atoms with van der Waals surface area (Å²) >= 11 is 0. The summed E-state index contributed by atoms with van der Waals surface area (Å²) in [4.78, 5) is 10.4. The fourth-order valence-corrected chi connectivity index (χ4v) is 0.706. The SMILES string of the molecule is CC(O)(CNC1CC1)C(=O)O. The molecule has 0 aromatic rings. The normalized spacial score (nSPS) is 22.7. The van der Waals surface area contributed by atoms with Gasteiger partial charge in [0.15, 0.2) is 5.60 Å². The highest BCUT2D eigenvalue weighted by Gasteiger charge is 2.32. The predicted molar refractivity (Wildman–Crippen MR) is 39.3 cm³/mol. The molecule has 0 saturated heterocycles. The number of aliphatic carboxylic acids is 1. The molecule has 0 aromatic carbocycles. The maximum atomic E-state index is 10.4. The number of carboxylic acids is 1. The summed E-state index contributed by atoms with van der Waals surface area (Å²) in [7, 11) is 0. The van der Waals surface area contributed by atoms with Crippen LogP contribution in [-0.2, 0) is 4.79 Å². The maximum Gasteiger partial charge on any atom is 0.336 e. The first-order valence-electron chi connectivity index (χ1n) is 3.71. The minimum absolute atomic E-state index is 0.132. The lowest BCUT2D eigenvalue weighted by Crippen LogP contribution is -2.45. The lowest BCUT2D eigenvalue weighted by molar-refractivity contribution is -0.156. The number of aliphatic hydroxyl groups is 1. The van der Waals surface area contributed by atoms with Crippen LogP contribution in [0.1, 0.15) is 19.8 Å². The second kappa shape index (κ2) is 2.79. The molecule has 1 aliphatic rings. The van der Waals surface area contributed by atoms with Crippen molar-refractivity contribution in [1.82, 2.24) is 5.32 Å². The van der Waals surface area contributed by atoms with E-state index in [4.69, 9.17) is 5.11 Å². The molecular formula is C7H13NO3. The van der Waals surface area contributed by atoms with Crippen molar-refractivity contribution in [3.63, 3.8) is 0 Å². The second-order valence-corrected chi connectivity index (χ2v) is 3.23. The van der Waals surface area contributed by atoms with Gasteiger partial charge in [0.25, 0.3) is 0 Å².